The van der Waals surface area contributed by atoms with Gasteiger partial charge in [-0.2, -0.15) is 0 Å². The summed E-state index contributed by atoms with van der Waals surface area (Å²) in [5.74, 6) is -1.10. The van der Waals surface area contributed by atoms with Crippen LogP contribution in [0.1, 0.15) is 16.8 Å². The number of benzene rings is 1. The number of esters is 1. The van der Waals surface area contributed by atoms with Crippen molar-refractivity contribution in [3.63, 3.8) is 0 Å². The number of carbonyl (C=O) groups excluding carboxylic acids is 2. The number of hydrogen-bond acceptors (Lipinski definition) is 6. The molecule has 2 aliphatic rings. The summed E-state index contributed by atoms with van der Waals surface area (Å²) < 4.78 is 10.5. The normalized spacial score (nSPS) is 20.4. The molecule has 0 saturated heterocycles. The molecule has 2 aromatic rings. The molecule has 3 N–H and O–H groups in total. The molecule has 0 bridgehead atoms. The minimum Gasteiger partial charge on any atom is -0.465 e. The third-order valence-corrected chi connectivity index (χ3v) is 4.98. The van der Waals surface area contributed by atoms with Gasteiger partial charge in [-0.3, -0.25) is 9.89 Å². The maximum absolute atomic E-state index is 13.8. The molecule has 8 nitrogen and oxygen atoms in total. The molecule has 1 amide bonds. The number of ether oxygens (including phenoxy) is 2. The second kappa shape index (κ2) is 5.73. The summed E-state index contributed by atoms with van der Waals surface area (Å²) in [6, 6.07) is 7.25. The molecule has 0 unspecified atom stereocenters. The Morgan fingerprint density at radius 2 is 2.22 bits per heavy atom. The van der Waals surface area contributed by atoms with Crippen LogP contribution in [0.5, 0.6) is 5.88 Å². The van der Waals surface area contributed by atoms with E-state index >= 15 is 0 Å². The molecule has 1 atom stereocenters. The van der Waals surface area contributed by atoms with Gasteiger partial charge >= 0.3 is 5.97 Å². The average molecular weight is 366 g/mol. The first kappa shape index (κ1) is 16.9. The molecule has 27 heavy (non-hydrogen) atoms. The smallest absolute Gasteiger partial charge is 0.340 e. The first-order chi connectivity index (χ1) is 13.0. The minimum atomic E-state index is -1.50. The van der Waals surface area contributed by atoms with Gasteiger partial charge in [-0.15, -0.1) is 11.7 Å². The van der Waals surface area contributed by atoms with Crippen LogP contribution in [0.25, 0.3) is 0 Å². The van der Waals surface area contributed by atoms with Crippen molar-refractivity contribution >= 4 is 17.6 Å². The van der Waals surface area contributed by atoms with E-state index < -0.39 is 11.4 Å². The molecule has 1 aromatic heterocycles. The number of para-hydroxylation sites is 1. The van der Waals surface area contributed by atoms with Crippen molar-refractivity contribution in [2.75, 3.05) is 18.6 Å². The summed E-state index contributed by atoms with van der Waals surface area (Å²) in [5, 5.41) is 6.95. The van der Waals surface area contributed by atoms with Gasteiger partial charge in [-0.05, 0) is 13.0 Å². The highest BCUT2D eigenvalue weighted by atomic mass is 16.5. The third kappa shape index (κ3) is 1.95. The summed E-state index contributed by atoms with van der Waals surface area (Å²) >= 11 is 0. The molecular weight excluding hydrogens is 348 g/mol. The molecule has 0 aliphatic carbocycles. The van der Waals surface area contributed by atoms with Gasteiger partial charge in [0, 0.05) is 23.5 Å². The van der Waals surface area contributed by atoms with E-state index in [4.69, 9.17) is 15.2 Å². The second-order valence-electron chi connectivity index (χ2n) is 6.33. The van der Waals surface area contributed by atoms with E-state index in [-0.39, 0.29) is 29.8 Å². The number of nitrogens with zero attached hydrogens (tertiary/aromatic N) is 2. The van der Waals surface area contributed by atoms with Crippen molar-refractivity contribution in [2.24, 2.45) is 5.73 Å². The average Bonchev–Trinajstić information content (AvgIpc) is 3.14. The number of aromatic amines is 1. The molecule has 1 aromatic carbocycles. The lowest BCUT2D eigenvalue weighted by atomic mass is 9.68. The van der Waals surface area contributed by atoms with E-state index in [2.05, 4.69) is 16.8 Å². The summed E-state index contributed by atoms with van der Waals surface area (Å²) in [5.41, 5.74) is 6.89. The van der Waals surface area contributed by atoms with Crippen molar-refractivity contribution in [3.8, 4) is 5.88 Å². The van der Waals surface area contributed by atoms with Gasteiger partial charge < -0.3 is 20.1 Å². The number of fused-ring (bicyclic) bond motifs is 4. The number of carbonyl (C=O) groups is 2. The highest BCUT2D eigenvalue weighted by molar-refractivity contribution is 6.18. The van der Waals surface area contributed by atoms with Crippen molar-refractivity contribution in [3.05, 3.63) is 65.2 Å². The standard InChI is InChI=1S/C19H18N4O4/c1-4-9-23-12-8-6-5-7-11(12)19(18(23)25)13-10(2)21-22-16(13)27-15(20)14(19)17(24)26-3/h4-8H,1,9,20H2,2-3H3,(H,21,22)/t19-/m0/s1. The Bertz CT molecular complexity index is 1020. The van der Waals surface area contributed by atoms with E-state index in [1.165, 1.54) is 7.11 Å². The Hall–Kier alpha value is -3.55. The lowest BCUT2D eigenvalue weighted by Gasteiger charge is -2.34. The second-order valence-corrected chi connectivity index (χ2v) is 6.33. The SMILES string of the molecule is C=CCN1C(=O)[C@@]2(C(C(=O)OC)=C(N)Oc3n[nH]c(C)c32)c2ccccc21. The Kier molecular flexibility index (Phi) is 3.59. The quantitative estimate of drug-likeness (QED) is 0.625. The third-order valence-electron chi connectivity index (χ3n) is 4.98. The van der Waals surface area contributed by atoms with Crippen LogP contribution >= 0.6 is 0 Å². The first-order valence-electron chi connectivity index (χ1n) is 8.32. The van der Waals surface area contributed by atoms with Gasteiger partial charge in [0.2, 0.25) is 17.7 Å². The lowest BCUT2D eigenvalue weighted by Crippen LogP contribution is -2.48. The Morgan fingerprint density at radius 3 is 2.93 bits per heavy atom. The number of nitrogens with one attached hydrogen (secondary N) is 1. The Morgan fingerprint density at radius 1 is 1.48 bits per heavy atom. The number of aromatic nitrogens is 2. The highest BCUT2D eigenvalue weighted by Crippen LogP contribution is 2.55. The van der Waals surface area contributed by atoms with Gasteiger partial charge in [0.15, 0.2) is 0 Å². The fourth-order valence-electron chi connectivity index (χ4n) is 3.99. The molecule has 1 spiro atoms. The van der Waals surface area contributed by atoms with Crippen LogP contribution < -0.4 is 15.4 Å². The van der Waals surface area contributed by atoms with Gasteiger partial charge in [0.25, 0.3) is 0 Å². The summed E-state index contributed by atoms with van der Waals surface area (Å²) in [4.78, 5) is 28.1. The zero-order valence-electron chi connectivity index (χ0n) is 14.9. The summed E-state index contributed by atoms with van der Waals surface area (Å²) in [6.45, 7) is 5.78. The molecule has 0 radical (unpaired) electrons. The number of rotatable bonds is 3. The van der Waals surface area contributed by atoms with E-state index in [0.29, 0.717) is 22.5 Å². The maximum Gasteiger partial charge on any atom is 0.340 e. The molecule has 8 heteroatoms. The van der Waals surface area contributed by atoms with Crippen molar-refractivity contribution in [1.29, 1.82) is 0 Å². The molecule has 0 saturated carbocycles. The number of methoxy groups -OCH3 is 1. The van der Waals surface area contributed by atoms with E-state index in [1.807, 2.05) is 12.1 Å². The van der Waals surface area contributed by atoms with Crippen LogP contribution in [0.3, 0.4) is 0 Å². The lowest BCUT2D eigenvalue weighted by molar-refractivity contribution is -0.138. The molecule has 0 fully saturated rings. The number of nitrogens with two attached hydrogens (primary N) is 1. The van der Waals surface area contributed by atoms with Gasteiger partial charge in [0.1, 0.15) is 11.0 Å². The number of amides is 1. The van der Waals surface area contributed by atoms with Crippen LogP contribution in [0.15, 0.2) is 48.4 Å². The first-order valence-corrected chi connectivity index (χ1v) is 8.32. The molecule has 2 aliphatic heterocycles. The molecule has 138 valence electrons. The van der Waals surface area contributed by atoms with Crippen molar-refractivity contribution < 1.29 is 19.1 Å². The zero-order valence-corrected chi connectivity index (χ0v) is 14.9. The van der Waals surface area contributed by atoms with E-state index in [9.17, 15) is 9.59 Å². The molecular formula is C19H18N4O4. The van der Waals surface area contributed by atoms with Gasteiger partial charge in [-0.1, -0.05) is 24.3 Å². The van der Waals surface area contributed by atoms with E-state index in [1.54, 1.807) is 30.0 Å². The Balaban J connectivity index is 2.15. The van der Waals surface area contributed by atoms with Crippen LogP contribution in [0.2, 0.25) is 0 Å². The van der Waals surface area contributed by atoms with Crippen LogP contribution in [-0.4, -0.2) is 35.7 Å². The van der Waals surface area contributed by atoms with Gasteiger partial charge in [-0.25, -0.2) is 4.79 Å². The highest BCUT2D eigenvalue weighted by Gasteiger charge is 2.62. The predicted octanol–water partition coefficient (Wildman–Crippen LogP) is 1.27. The van der Waals surface area contributed by atoms with Gasteiger partial charge in [0.05, 0.1) is 12.7 Å². The number of hydrogen-bond donors (Lipinski definition) is 2. The molecule has 4 rings (SSSR count). The van der Waals surface area contributed by atoms with Crippen molar-refractivity contribution in [1.82, 2.24) is 10.2 Å². The monoisotopic (exact) mass is 366 g/mol. The van der Waals surface area contributed by atoms with Crippen LogP contribution in [0.4, 0.5) is 5.69 Å². The predicted molar refractivity (Wildman–Crippen MR) is 97.0 cm³/mol. The topological polar surface area (TPSA) is 111 Å². The van der Waals surface area contributed by atoms with E-state index in [0.717, 1.165) is 0 Å². The number of H-pyrrole nitrogens is 1. The van der Waals surface area contributed by atoms with Crippen LogP contribution in [-0.2, 0) is 19.7 Å². The fourth-order valence-corrected chi connectivity index (χ4v) is 3.99. The van der Waals surface area contributed by atoms with Crippen molar-refractivity contribution in [2.45, 2.75) is 12.3 Å². The largest absolute Gasteiger partial charge is 0.465 e. The Labute approximate surface area is 155 Å². The summed E-state index contributed by atoms with van der Waals surface area (Å²) in [7, 11) is 1.24. The summed E-state index contributed by atoms with van der Waals surface area (Å²) in [6.07, 6.45) is 1.63. The zero-order chi connectivity index (χ0) is 19.3. The fraction of sp³-hybridized carbons (Fsp3) is 0.211. The minimum absolute atomic E-state index is 0.0500. The maximum atomic E-state index is 13.8. The number of aryl methyl sites for hydroxylation is 1. The number of anilines is 1. The molecule has 3 heterocycles. The van der Waals surface area contributed by atoms with Crippen LogP contribution in [0, 0.1) is 6.92 Å².